The number of thioether (sulfide) groups is 1. The number of likely N-dealkylation sites (tertiary alicyclic amines) is 1. The van der Waals surface area contributed by atoms with Crippen LogP contribution in [0.5, 0.6) is 0 Å². The van der Waals surface area contributed by atoms with Crippen LogP contribution in [0.4, 0.5) is 0 Å². The Balaban J connectivity index is 1.68. The smallest absolute Gasteiger partial charge is 0.311 e. The van der Waals surface area contributed by atoms with Crippen molar-refractivity contribution >= 4 is 29.5 Å². The molecule has 8 heteroatoms. The summed E-state index contributed by atoms with van der Waals surface area (Å²) >= 11 is 1.60. The number of carbonyl (C=O) groups excluding carboxylic acids is 3. The normalized spacial score (nSPS) is 34.5. The van der Waals surface area contributed by atoms with Gasteiger partial charge >= 0.3 is 5.97 Å². The summed E-state index contributed by atoms with van der Waals surface area (Å²) in [4.78, 5) is 41.6. The Kier molecular flexibility index (Phi) is 5.81. The summed E-state index contributed by atoms with van der Waals surface area (Å²) in [5, 5.41) is 12.8. The predicted molar refractivity (Wildman–Crippen MR) is 117 cm³/mol. The highest BCUT2D eigenvalue weighted by atomic mass is 32.2. The number of carbonyl (C=O) groups is 3. The molecule has 0 radical (unpaired) electrons. The summed E-state index contributed by atoms with van der Waals surface area (Å²) in [5.41, 5.74) is 0.968. The number of aliphatic hydroxyl groups is 1. The van der Waals surface area contributed by atoms with E-state index >= 15 is 0 Å². The minimum atomic E-state index is -0.734. The molecule has 3 aliphatic rings. The van der Waals surface area contributed by atoms with Crippen molar-refractivity contribution in [3.63, 3.8) is 0 Å². The first-order chi connectivity index (χ1) is 14.8. The lowest BCUT2D eigenvalue weighted by molar-refractivity contribution is -0.155. The van der Waals surface area contributed by atoms with Crippen LogP contribution in [0.2, 0.25) is 0 Å². The molecule has 1 spiro atoms. The van der Waals surface area contributed by atoms with Gasteiger partial charge in [-0.05, 0) is 39.2 Å². The third kappa shape index (κ3) is 3.35. The van der Waals surface area contributed by atoms with Crippen LogP contribution in [0.1, 0.15) is 39.2 Å². The number of aliphatic hydroxyl groups excluding tert-OH is 1. The van der Waals surface area contributed by atoms with E-state index in [1.807, 2.05) is 37.3 Å². The van der Waals surface area contributed by atoms with Gasteiger partial charge in [0.1, 0.15) is 6.04 Å². The Bertz CT molecular complexity index is 880. The van der Waals surface area contributed by atoms with Crippen LogP contribution >= 0.6 is 11.8 Å². The van der Waals surface area contributed by atoms with Crippen LogP contribution < -0.4 is 5.32 Å². The predicted octanol–water partition coefficient (Wildman–Crippen LogP) is 1.73. The van der Waals surface area contributed by atoms with Gasteiger partial charge in [-0.2, -0.15) is 0 Å². The first-order valence-electron chi connectivity index (χ1n) is 10.9. The molecule has 4 rings (SSSR count). The average Bonchev–Trinajstić information content (AvgIpc) is 3.33. The Hall–Kier alpha value is -2.06. The van der Waals surface area contributed by atoms with Crippen LogP contribution in [-0.2, 0) is 25.7 Å². The highest BCUT2D eigenvalue weighted by molar-refractivity contribution is 8.02. The van der Waals surface area contributed by atoms with Gasteiger partial charge in [0, 0.05) is 11.3 Å². The molecular formula is C23H30N2O5S. The van der Waals surface area contributed by atoms with Crippen molar-refractivity contribution in [1.29, 1.82) is 0 Å². The molecule has 2 N–H and O–H groups in total. The Morgan fingerprint density at radius 3 is 2.68 bits per heavy atom. The number of fused-ring (bicyclic) bond motifs is 1. The fourth-order valence-corrected chi connectivity index (χ4v) is 8.03. The highest BCUT2D eigenvalue weighted by Crippen LogP contribution is 2.71. The second-order valence-electron chi connectivity index (χ2n) is 8.96. The topological polar surface area (TPSA) is 95.9 Å². The Labute approximate surface area is 186 Å². The molecule has 3 aliphatic heterocycles. The minimum absolute atomic E-state index is 0.226. The lowest BCUT2D eigenvalue weighted by Gasteiger charge is -2.35. The molecule has 0 aliphatic carbocycles. The van der Waals surface area contributed by atoms with E-state index in [1.54, 1.807) is 25.6 Å². The standard InChI is InChI=1S/C23H30N2O5S/c1-4-30-21(29)17-16-20(28)25(14(2)13-26)18(23(16)11-10-22(17,3)31-23)19(27)24-12-15-8-6-5-7-9-15/h5-9,14,16-18,26H,4,10-13H2,1-3H3,(H,24,27)/t14-,16+,17+,18?,22-,23?/m1/s1. The number of hydrogen-bond donors (Lipinski definition) is 2. The first-order valence-corrected chi connectivity index (χ1v) is 11.7. The molecule has 6 atom stereocenters. The van der Waals surface area contributed by atoms with Gasteiger partial charge in [-0.1, -0.05) is 30.3 Å². The van der Waals surface area contributed by atoms with Crippen LogP contribution in [0.25, 0.3) is 0 Å². The highest BCUT2D eigenvalue weighted by Gasteiger charge is 2.77. The van der Waals surface area contributed by atoms with Gasteiger partial charge in [-0.25, -0.2) is 0 Å². The van der Waals surface area contributed by atoms with Gasteiger partial charge in [0.25, 0.3) is 0 Å². The number of benzene rings is 1. The number of rotatable bonds is 7. The zero-order chi connectivity index (χ0) is 22.4. The lowest BCUT2D eigenvalue weighted by atomic mass is 9.66. The molecule has 2 amide bonds. The summed E-state index contributed by atoms with van der Waals surface area (Å²) in [5.74, 6) is -2.02. The van der Waals surface area contributed by atoms with E-state index < -0.39 is 33.4 Å². The molecule has 0 saturated carbocycles. The summed E-state index contributed by atoms with van der Waals surface area (Å²) in [7, 11) is 0. The van der Waals surface area contributed by atoms with Gasteiger partial charge in [0.15, 0.2) is 0 Å². The minimum Gasteiger partial charge on any atom is -0.466 e. The maximum atomic E-state index is 13.6. The van der Waals surface area contributed by atoms with Crippen LogP contribution in [0.15, 0.2) is 30.3 Å². The molecular weight excluding hydrogens is 416 g/mol. The van der Waals surface area contributed by atoms with Gasteiger partial charge in [-0.15, -0.1) is 11.8 Å². The lowest BCUT2D eigenvalue weighted by Crippen LogP contribution is -2.55. The zero-order valence-electron chi connectivity index (χ0n) is 18.2. The molecule has 1 aromatic carbocycles. The van der Waals surface area contributed by atoms with Crippen molar-refractivity contribution in [3.8, 4) is 0 Å². The second-order valence-corrected chi connectivity index (χ2v) is 10.9. The fourth-order valence-electron chi connectivity index (χ4n) is 5.70. The van der Waals surface area contributed by atoms with Gasteiger partial charge in [0.05, 0.1) is 35.8 Å². The second kappa shape index (κ2) is 8.13. The van der Waals surface area contributed by atoms with E-state index in [2.05, 4.69) is 5.32 Å². The van der Waals surface area contributed by atoms with Crippen molar-refractivity contribution in [1.82, 2.24) is 10.2 Å². The van der Waals surface area contributed by atoms with Crippen molar-refractivity contribution in [3.05, 3.63) is 35.9 Å². The summed E-state index contributed by atoms with van der Waals surface area (Å²) in [6, 6.07) is 8.35. The van der Waals surface area contributed by atoms with E-state index in [-0.39, 0.29) is 31.0 Å². The molecule has 7 nitrogen and oxygen atoms in total. The largest absolute Gasteiger partial charge is 0.466 e. The van der Waals surface area contributed by atoms with E-state index in [4.69, 9.17) is 4.74 Å². The third-order valence-corrected chi connectivity index (χ3v) is 9.04. The summed E-state index contributed by atoms with van der Waals surface area (Å²) in [6.07, 6.45) is 1.42. The van der Waals surface area contributed by atoms with Crippen molar-refractivity contribution in [2.24, 2.45) is 11.8 Å². The van der Waals surface area contributed by atoms with E-state index in [1.165, 1.54) is 4.90 Å². The Morgan fingerprint density at radius 1 is 1.32 bits per heavy atom. The molecule has 0 aromatic heterocycles. The van der Waals surface area contributed by atoms with Crippen LogP contribution in [-0.4, -0.2) is 62.6 Å². The summed E-state index contributed by atoms with van der Waals surface area (Å²) in [6.45, 7) is 5.87. The average molecular weight is 447 g/mol. The molecule has 2 unspecified atom stereocenters. The molecule has 2 bridgehead atoms. The van der Waals surface area contributed by atoms with E-state index in [0.29, 0.717) is 13.0 Å². The van der Waals surface area contributed by atoms with Crippen LogP contribution in [0.3, 0.4) is 0 Å². The Morgan fingerprint density at radius 2 is 2.03 bits per heavy atom. The van der Waals surface area contributed by atoms with Crippen LogP contribution in [0, 0.1) is 11.8 Å². The van der Waals surface area contributed by atoms with Gasteiger partial charge < -0.3 is 20.1 Å². The zero-order valence-corrected chi connectivity index (χ0v) is 19.0. The maximum absolute atomic E-state index is 13.6. The number of esters is 1. The van der Waals surface area contributed by atoms with Crippen molar-refractivity contribution < 1.29 is 24.2 Å². The fraction of sp³-hybridized carbons (Fsp3) is 0.609. The van der Waals surface area contributed by atoms with Crippen molar-refractivity contribution in [2.75, 3.05) is 13.2 Å². The first kappa shape index (κ1) is 22.1. The molecule has 31 heavy (non-hydrogen) atoms. The number of nitrogens with zero attached hydrogens (tertiary/aromatic N) is 1. The molecule has 3 heterocycles. The van der Waals surface area contributed by atoms with Gasteiger partial charge in [-0.3, -0.25) is 14.4 Å². The number of hydrogen-bond acceptors (Lipinski definition) is 6. The molecule has 3 fully saturated rings. The third-order valence-electron chi connectivity index (χ3n) is 7.05. The summed E-state index contributed by atoms with van der Waals surface area (Å²) < 4.78 is 4.23. The SMILES string of the molecule is CCOC(=O)[C@@H]1[C@H]2C(=O)N([C@H](C)CO)C(C(=O)NCc3ccccc3)C23CC[C@@]1(C)S3. The van der Waals surface area contributed by atoms with Gasteiger partial charge in [0.2, 0.25) is 11.8 Å². The maximum Gasteiger partial charge on any atom is 0.311 e. The number of amides is 2. The molecule has 3 saturated heterocycles. The monoisotopic (exact) mass is 446 g/mol. The molecule has 1 aromatic rings. The number of nitrogens with one attached hydrogen (secondary N) is 1. The van der Waals surface area contributed by atoms with E-state index in [9.17, 15) is 19.5 Å². The number of ether oxygens (including phenoxy) is 1. The quantitative estimate of drug-likeness (QED) is 0.620. The molecule has 168 valence electrons. The van der Waals surface area contributed by atoms with E-state index in [0.717, 1.165) is 12.0 Å². The van der Waals surface area contributed by atoms with Crippen molar-refractivity contribution in [2.45, 2.75) is 61.7 Å².